The van der Waals surface area contributed by atoms with Crippen molar-refractivity contribution in [1.29, 1.82) is 0 Å². The Balaban J connectivity index is 0.00000380. The number of methoxy groups -OCH3 is 1. The fourth-order valence-electron chi connectivity index (χ4n) is 4.50. The van der Waals surface area contributed by atoms with E-state index < -0.39 is 48.1 Å². The van der Waals surface area contributed by atoms with Crippen LogP contribution in [0.2, 0.25) is 0 Å². The van der Waals surface area contributed by atoms with E-state index in [9.17, 15) is 36.1 Å². The molecule has 2 aromatic rings. The van der Waals surface area contributed by atoms with Gasteiger partial charge in [0.05, 0.1) is 38.0 Å². The van der Waals surface area contributed by atoms with Crippen LogP contribution in [0, 0.1) is 10.1 Å². The van der Waals surface area contributed by atoms with Crippen molar-refractivity contribution < 1.29 is 94.7 Å². The molecule has 1 heterocycles. The quantitative estimate of drug-likeness (QED) is 0.0931. The van der Waals surface area contributed by atoms with E-state index in [1.165, 1.54) is 31.4 Å². The molecular weight excluding hydrogens is 574 g/mol. The number of hydrogen-bond donors (Lipinski definition) is 0. The topological polar surface area (TPSA) is 195 Å². The summed E-state index contributed by atoms with van der Waals surface area (Å²) in [5.41, 5.74) is 0.781. The van der Waals surface area contributed by atoms with E-state index >= 15 is 0 Å². The van der Waals surface area contributed by atoms with Gasteiger partial charge in [-0.3, -0.25) is 10.1 Å². The zero-order valence-corrected chi connectivity index (χ0v) is 28.0. The third kappa shape index (κ3) is 10.0. The standard InChI is InChI=1S/C22H28N4O9S2.2Na/c1-22(2)13-15(14-37(32,33)34)18-11-19(24-23-16-5-7-17(8-6-16)26(27)28)21(35-3)12-20(18)25(22)9-4-10-36(29,30)31;;/h5-8,11-12,15H,4,9-10,13-14H2,1-3H3,(H,29,30,31)(H,32,33,34);;/q;2*+1/p-2/b24-23+;;. The minimum Gasteiger partial charge on any atom is -0.748 e. The van der Waals surface area contributed by atoms with Crippen molar-refractivity contribution in [1.82, 2.24) is 0 Å². The number of non-ortho nitro benzene ring substituents is 1. The molecule has 0 aliphatic carbocycles. The van der Waals surface area contributed by atoms with Gasteiger partial charge >= 0.3 is 59.1 Å². The molecule has 0 saturated heterocycles. The van der Waals surface area contributed by atoms with Crippen molar-refractivity contribution in [2.24, 2.45) is 10.2 Å². The second kappa shape index (κ2) is 14.2. The van der Waals surface area contributed by atoms with Crippen LogP contribution in [-0.4, -0.2) is 61.6 Å². The van der Waals surface area contributed by atoms with Crippen LogP contribution in [0.4, 0.5) is 22.7 Å². The van der Waals surface area contributed by atoms with Crippen molar-refractivity contribution in [3.05, 3.63) is 52.1 Å². The predicted octanol–water partition coefficient (Wildman–Crippen LogP) is -2.42. The van der Waals surface area contributed by atoms with Crippen molar-refractivity contribution in [2.75, 3.05) is 30.1 Å². The molecule has 0 fully saturated rings. The van der Waals surface area contributed by atoms with Crippen LogP contribution in [0.25, 0.3) is 0 Å². The molecule has 0 spiro atoms. The SMILES string of the molecule is COc1cc2c(cc1/N=N/c1ccc([N+](=O)[O-])cc1)C(CS(=O)(=O)[O-])CC(C)(C)N2CCCS(=O)(=O)[O-].[Na+].[Na+]. The van der Waals surface area contributed by atoms with E-state index in [0.717, 1.165) is 0 Å². The average molecular weight is 601 g/mol. The zero-order valence-electron chi connectivity index (χ0n) is 22.4. The molecule has 17 heteroatoms. The van der Waals surface area contributed by atoms with Gasteiger partial charge in [-0.05, 0) is 50.5 Å². The maximum Gasteiger partial charge on any atom is 1.00 e. The largest absolute Gasteiger partial charge is 1.00 e. The summed E-state index contributed by atoms with van der Waals surface area (Å²) in [6.07, 6.45) is 0.306. The van der Waals surface area contributed by atoms with E-state index in [1.807, 2.05) is 18.7 Å². The second-order valence-electron chi connectivity index (χ2n) is 9.26. The summed E-state index contributed by atoms with van der Waals surface area (Å²) >= 11 is 0. The van der Waals surface area contributed by atoms with E-state index in [0.29, 0.717) is 16.9 Å². The van der Waals surface area contributed by atoms with Gasteiger partial charge in [-0.2, -0.15) is 5.11 Å². The van der Waals surface area contributed by atoms with E-state index in [4.69, 9.17) is 4.74 Å². The van der Waals surface area contributed by atoms with E-state index in [2.05, 4.69) is 10.2 Å². The number of hydrogen-bond acceptors (Lipinski definition) is 12. The first-order valence-corrected chi connectivity index (χ1v) is 14.3. The molecule has 3 rings (SSSR count). The Morgan fingerprint density at radius 1 is 1.05 bits per heavy atom. The van der Waals surface area contributed by atoms with Crippen molar-refractivity contribution in [3.63, 3.8) is 0 Å². The number of ether oxygens (including phenoxy) is 1. The van der Waals surface area contributed by atoms with Crippen LogP contribution >= 0.6 is 0 Å². The molecular formula is C22H26N4Na2O9S2. The Labute approximate surface area is 271 Å². The number of benzene rings is 2. The van der Waals surface area contributed by atoms with Crippen molar-refractivity contribution in [2.45, 2.75) is 38.1 Å². The average Bonchev–Trinajstić information content (AvgIpc) is 2.77. The van der Waals surface area contributed by atoms with Gasteiger partial charge in [-0.25, -0.2) is 16.8 Å². The Kier molecular flexibility index (Phi) is 13.0. The summed E-state index contributed by atoms with van der Waals surface area (Å²) in [5.74, 6) is -1.64. The maximum absolute atomic E-state index is 11.7. The minimum absolute atomic E-state index is 0. The number of anilines is 1. The van der Waals surface area contributed by atoms with Crippen LogP contribution in [-0.2, 0) is 20.2 Å². The van der Waals surface area contributed by atoms with Gasteiger partial charge < -0.3 is 18.7 Å². The van der Waals surface area contributed by atoms with Gasteiger partial charge in [0.25, 0.3) is 5.69 Å². The molecule has 0 saturated carbocycles. The van der Waals surface area contributed by atoms with E-state index in [-0.39, 0.29) is 95.6 Å². The van der Waals surface area contributed by atoms with Crippen LogP contribution in [0.5, 0.6) is 5.75 Å². The first-order valence-electron chi connectivity index (χ1n) is 11.1. The van der Waals surface area contributed by atoms with Gasteiger partial charge in [0.1, 0.15) is 11.4 Å². The smallest absolute Gasteiger partial charge is 0.748 e. The summed E-state index contributed by atoms with van der Waals surface area (Å²) in [6, 6.07) is 8.54. The van der Waals surface area contributed by atoms with Crippen LogP contribution in [0.3, 0.4) is 0 Å². The first-order chi connectivity index (χ1) is 17.1. The number of azo groups is 1. The minimum atomic E-state index is -4.59. The summed E-state index contributed by atoms with van der Waals surface area (Å²) in [6.45, 7) is 3.85. The molecule has 2 aromatic carbocycles. The molecule has 0 N–H and O–H groups in total. The molecule has 1 aliphatic heterocycles. The molecule has 1 atom stereocenters. The molecule has 1 aliphatic rings. The predicted molar refractivity (Wildman–Crippen MR) is 133 cm³/mol. The number of nitrogens with zero attached hydrogens (tertiary/aromatic N) is 4. The normalized spacial score (nSPS) is 16.6. The molecule has 39 heavy (non-hydrogen) atoms. The van der Waals surface area contributed by atoms with Gasteiger partial charge in [0.2, 0.25) is 0 Å². The first kappa shape index (κ1) is 35.9. The monoisotopic (exact) mass is 600 g/mol. The number of rotatable bonds is 10. The molecule has 0 aromatic heterocycles. The molecule has 13 nitrogen and oxygen atoms in total. The van der Waals surface area contributed by atoms with Crippen LogP contribution < -0.4 is 68.8 Å². The fraction of sp³-hybridized carbons (Fsp3) is 0.455. The fourth-order valence-corrected chi connectivity index (χ4v) is 5.77. The Hall–Kier alpha value is -1.14. The van der Waals surface area contributed by atoms with Crippen molar-refractivity contribution >= 4 is 43.0 Å². The summed E-state index contributed by atoms with van der Waals surface area (Å²) in [7, 11) is -7.62. The molecule has 202 valence electrons. The summed E-state index contributed by atoms with van der Waals surface area (Å²) in [5, 5.41) is 19.1. The van der Waals surface area contributed by atoms with E-state index in [1.54, 1.807) is 12.1 Å². The maximum atomic E-state index is 11.7. The van der Waals surface area contributed by atoms with Gasteiger partial charge in [0.15, 0.2) is 0 Å². The zero-order chi connectivity index (χ0) is 27.6. The molecule has 0 amide bonds. The van der Waals surface area contributed by atoms with Gasteiger partial charge in [-0.1, -0.05) is 0 Å². The Morgan fingerprint density at radius 3 is 2.18 bits per heavy atom. The van der Waals surface area contributed by atoms with Crippen LogP contribution in [0.1, 0.15) is 38.2 Å². The molecule has 0 radical (unpaired) electrons. The molecule has 0 bridgehead atoms. The number of nitro groups is 1. The molecule has 1 unspecified atom stereocenters. The Morgan fingerprint density at radius 2 is 1.67 bits per heavy atom. The third-order valence-corrected chi connectivity index (χ3v) is 7.65. The Bertz CT molecular complexity index is 1420. The van der Waals surface area contributed by atoms with Crippen LogP contribution in [0.15, 0.2) is 46.6 Å². The number of fused-ring (bicyclic) bond motifs is 1. The summed E-state index contributed by atoms with van der Waals surface area (Å²) in [4.78, 5) is 12.2. The van der Waals surface area contributed by atoms with Gasteiger partial charge in [0, 0.05) is 53.4 Å². The third-order valence-electron chi connectivity index (χ3n) is 6.05. The van der Waals surface area contributed by atoms with Crippen molar-refractivity contribution in [3.8, 4) is 5.75 Å². The second-order valence-corrected chi connectivity index (χ2v) is 12.2. The number of nitro benzene ring substituents is 1. The van der Waals surface area contributed by atoms with Gasteiger partial charge in [-0.15, -0.1) is 5.11 Å². The summed E-state index contributed by atoms with van der Waals surface area (Å²) < 4.78 is 73.9.